The number of halogens is 3. The Morgan fingerprint density at radius 1 is 0.431 bits per heavy atom. The van der Waals surface area contributed by atoms with Gasteiger partial charge in [0.15, 0.2) is 0 Å². The number of hydrogen-bond donors (Lipinski definition) is 2. The number of aromatic hydroxyl groups is 2. The maximum atomic E-state index is 15.2. The molecule has 8 bridgehead atoms. The van der Waals surface area contributed by atoms with Crippen LogP contribution in [0.3, 0.4) is 0 Å². The first-order valence-corrected chi connectivity index (χ1v) is 23.8. The standard InChI is InChI=1S/C58H64F3NO2.Hf/c1-35-17-42(48(63)44(19-35)56-29-50(3)23-51(4,30-56)25-52(5,24-50)31-56)38-13-9-11-15-40(38)46-21-37(58(59,60)61)22-47(62-46)41-16-12-10-14-39(41)43-18-36(2)20-45(49(43)64)57-32-53(6)26-54(7,33-57)28-55(8,27-53)34-57;/h9-22,63-64H,23-34H2,1-8H3;. The minimum atomic E-state index is -4.66. The molecule has 0 radical (unpaired) electrons. The predicted octanol–water partition coefficient (Wildman–Crippen LogP) is 16.1. The number of pyridine rings is 1. The van der Waals surface area contributed by atoms with Gasteiger partial charge in [0.1, 0.15) is 11.5 Å². The molecule has 3 nitrogen and oxygen atoms in total. The molecule has 8 fully saturated rings. The predicted molar refractivity (Wildman–Crippen MR) is 251 cm³/mol. The zero-order valence-corrected chi connectivity index (χ0v) is 43.1. The molecule has 7 heteroatoms. The van der Waals surface area contributed by atoms with E-state index in [2.05, 4.69) is 67.5 Å². The maximum absolute atomic E-state index is 15.2. The van der Waals surface area contributed by atoms with Gasteiger partial charge >= 0.3 is 6.18 Å². The van der Waals surface area contributed by atoms with E-state index in [0.717, 1.165) is 72.9 Å². The molecule has 13 rings (SSSR count). The number of rotatable bonds is 6. The second-order valence-electron chi connectivity index (χ2n) is 25.2. The van der Waals surface area contributed by atoms with E-state index in [9.17, 15) is 10.2 Å². The van der Waals surface area contributed by atoms with Crippen LogP contribution in [0.25, 0.3) is 44.8 Å². The van der Waals surface area contributed by atoms with Gasteiger partial charge < -0.3 is 10.2 Å². The third-order valence-corrected chi connectivity index (χ3v) is 17.5. The largest absolute Gasteiger partial charge is 0.507 e. The molecule has 4 aromatic carbocycles. The van der Waals surface area contributed by atoms with Gasteiger partial charge in [0.2, 0.25) is 0 Å². The molecule has 0 aliphatic heterocycles. The van der Waals surface area contributed by atoms with Crippen LogP contribution in [-0.2, 0) is 42.8 Å². The molecule has 1 heterocycles. The van der Waals surface area contributed by atoms with Crippen LogP contribution in [0, 0.1) is 46.3 Å². The smallest absolute Gasteiger partial charge is 0.416 e. The molecule has 8 saturated carbocycles. The van der Waals surface area contributed by atoms with E-state index < -0.39 is 11.7 Å². The van der Waals surface area contributed by atoms with Crippen molar-refractivity contribution in [2.24, 2.45) is 32.5 Å². The molecule has 0 spiro atoms. The van der Waals surface area contributed by atoms with E-state index in [4.69, 9.17) is 4.98 Å². The number of phenols is 2. The van der Waals surface area contributed by atoms with Gasteiger partial charge in [-0.05, 0) is 170 Å². The van der Waals surface area contributed by atoms with Crippen molar-refractivity contribution in [1.29, 1.82) is 0 Å². The van der Waals surface area contributed by atoms with Crippen molar-refractivity contribution < 1.29 is 49.2 Å². The minimum Gasteiger partial charge on any atom is -0.507 e. The maximum Gasteiger partial charge on any atom is 0.416 e. The number of benzene rings is 4. The van der Waals surface area contributed by atoms with Gasteiger partial charge in [0.25, 0.3) is 0 Å². The Hall–Kier alpha value is -3.71. The van der Waals surface area contributed by atoms with Crippen molar-refractivity contribution in [3.63, 3.8) is 0 Å². The topological polar surface area (TPSA) is 53.4 Å². The molecular formula is C58H64F3HfNO2. The molecule has 5 aromatic rings. The summed E-state index contributed by atoms with van der Waals surface area (Å²) >= 11 is 0. The summed E-state index contributed by atoms with van der Waals surface area (Å²) in [5, 5.41) is 25.2. The van der Waals surface area contributed by atoms with E-state index in [-0.39, 0.29) is 92.1 Å². The molecule has 338 valence electrons. The molecular weight excluding hydrogens is 978 g/mol. The van der Waals surface area contributed by atoms with Crippen molar-refractivity contribution in [2.75, 3.05) is 0 Å². The first kappa shape index (κ1) is 45.1. The molecule has 65 heavy (non-hydrogen) atoms. The minimum absolute atomic E-state index is 0. The summed E-state index contributed by atoms with van der Waals surface area (Å²) < 4.78 is 45.5. The van der Waals surface area contributed by atoms with Gasteiger partial charge in [-0.3, -0.25) is 0 Å². The van der Waals surface area contributed by atoms with E-state index in [0.29, 0.717) is 33.4 Å². The number of aromatic nitrogens is 1. The van der Waals surface area contributed by atoms with E-state index >= 15 is 13.2 Å². The fourth-order valence-electron chi connectivity index (χ4n) is 18.8. The number of alkyl halides is 3. The van der Waals surface area contributed by atoms with Gasteiger partial charge in [-0.1, -0.05) is 102 Å². The third kappa shape index (κ3) is 7.23. The van der Waals surface area contributed by atoms with Crippen molar-refractivity contribution in [1.82, 2.24) is 4.98 Å². The van der Waals surface area contributed by atoms with Crippen LogP contribution in [-0.4, -0.2) is 15.2 Å². The first-order chi connectivity index (χ1) is 29.8. The van der Waals surface area contributed by atoms with Crippen LogP contribution in [0.2, 0.25) is 0 Å². The zero-order chi connectivity index (χ0) is 45.3. The molecule has 0 amide bonds. The average molecular weight is 1040 g/mol. The van der Waals surface area contributed by atoms with Crippen molar-refractivity contribution in [3.8, 4) is 56.3 Å². The SMILES string of the molecule is Cc1cc(-c2ccccc2-c2cc(C(F)(F)F)cc(-c3ccccc3-c3cc(C)cc(C45CC6(C)CC(C)(CC(C)(C6)C4)C5)c3O)n2)c(O)c(C23CC4(C)CC(C)(CC(C)(C4)C2)C3)c1.[Hf]. The Morgan fingerprint density at radius 3 is 1.02 bits per heavy atom. The Labute approximate surface area is 402 Å². The van der Waals surface area contributed by atoms with Crippen LogP contribution < -0.4 is 0 Å². The van der Waals surface area contributed by atoms with E-state index in [1.54, 1.807) is 0 Å². The molecule has 0 atom stereocenters. The van der Waals surface area contributed by atoms with Crippen LogP contribution in [0.4, 0.5) is 13.2 Å². The zero-order valence-electron chi connectivity index (χ0n) is 39.5. The normalized spacial score (nSPS) is 35.4. The third-order valence-electron chi connectivity index (χ3n) is 17.5. The molecule has 2 N–H and O–H groups in total. The quantitative estimate of drug-likeness (QED) is 0.167. The van der Waals surface area contributed by atoms with Crippen LogP contribution in [0.1, 0.15) is 146 Å². The molecule has 0 unspecified atom stereocenters. The van der Waals surface area contributed by atoms with Gasteiger partial charge in [-0.2, -0.15) is 13.2 Å². The van der Waals surface area contributed by atoms with Crippen molar-refractivity contribution in [2.45, 2.75) is 149 Å². The monoisotopic (exact) mass is 1040 g/mol. The Kier molecular flexibility index (Phi) is 9.83. The second kappa shape index (κ2) is 14.2. The summed E-state index contributed by atoms with van der Waals surface area (Å²) in [5.41, 5.74) is 7.97. The summed E-state index contributed by atoms with van der Waals surface area (Å²) in [6.45, 7) is 18.8. The molecule has 8 aliphatic rings. The van der Waals surface area contributed by atoms with Crippen molar-refractivity contribution in [3.05, 3.63) is 113 Å². The van der Waals surface area contributed by atoms with E-state index in [1.165, 1.54) is 38.5 Å². The summed E-state index contributed by atoms with van der Waals surface area (Å²) in [6, 6.07) is 25.5. The second-order valence-corrected chi connectivity index (χ2v) is 25.2. The summed E-state index contributed by atoms with van der Waals surface area (Å²) in [4.78, 5) is 5.11. The average Bonchev–Trinajstić information content (AvgIpc) is 3.15. The number of hydrogen-bond acceptors (Lipinski definition) is 3. The Morgan fingerprint density at radius 2 is 0.723 bits per heavy atom. The Balaban J connectivity index is 0.00000498. The van der Waals surface area contributed by atoms with Crippen LogP contribution in [0.15, 0.2) is 84.9 Å². The molecule has 8 aliphatic carbocycles. The summed E-state index contributed by atoms with van der Waals surface area (Å²) in [5.74, 6) is 0.463. The molecule has 0 saturated heterocycles. The molecule has 1 aromatic heterocycles. The van der Waals surface area contributed by atoms with Crippen LogP contribution >= 0.6 is 0 Å². The number of aryl methyl sites for hydroxylation is 2. The summed E-state index contributed by atoms with van der Waals surface area (Å²) in [6.07, 6.45) is 8.73. The van der Waals surface area contributed by atoms with Gasteiger partial charge in [-0.15, -0.1) is 0 Å². The number of nitrogens with zero attached hydrogens (tertiary/aromatic N) is 1. The van der Waals surface area contributed by atoms with Gasteiger partial charge in [0, 0.05) is 70.1 Å². The van der Waals surface area contributed by atoms with E-state index in [1.807, 2.05) is 60.7 Å². The number of phenolic OH excluding ortho intramolecular Hbond substituents is 2. The van der Waals surface area contributed by atoms with Gasteiger partial charge in [0.05, 0.1) is 17.0 Å². The fraction of sp³-hybridized carbons (Fsp3) is 0.500. The summed E-state index contributed by atoms with van der Waals surface area (Å²) in [7, 11) is 0. The first-order valence-electron chi connectivity index (χ1n) is 23.8. The van der Waals surface area contributed by atoms with Crippen LogP contribution in [0.5, 0.6) is 11.5 Å². The van der Waals surface area contributed by atoms with Gasteiger partial charge in [-0.25, -0.2) is 4.98 Å². The fourth-order valence-corrected chi connectivity index (χ4v) is 18.8. The van der Waals surface area contributed by atoms with Crippen molar-refractivity contribution >= 4 is 0 Å². The Bertz CT molecular complexity index is 2520.